The van der Waals surface area contributed by atoms with E-state index in [1.165, 1.54) is 0 Å². The van der Waals surface area contributed by atoms with Crippen LogP contribution in [0.4, 0.5) is 0 Å². The molecule has 1 aromatic heterocycles. The van der Waals surface area contributed by atoms with E-state index in [4.69, 9.17) is 4.74 Å². The van der Waals surface area contributed by atoms with Crippen molar-refractivity contribution in [3.05, 3.63) is 12.2 Å². The minimum atomic E-state index is 0.0472. The van der Waals surface area contributed by atoms with Gasteiger partial charge in [-0.25, -0.2) is 0 Å². The summed E-state index contributed by atoms with van der Waals surface area (Å²) in [5.74, 6) is 1.23. The number of rotatable bonds is 6. The summed E-state index contributed by atoms with van der Waals surface area (Å²) in [6.07, 6.45) is 5.79. The van der Waals surface area contributed by atoms with Gasteiger partial charge in [0.05, 0.1) is 18.6 Å². The Bertz CT molecular complexity index is 537. The molecule has 0 saturated carbocycles. The number of fused-ring (bicyclic) bond motifs is 1. The highest BCUT2D eigenvalue weighted by atomic mass is 16.5. The predicted octanol–water partition coefficient (Wildman–Crippen LogP) is 0.846. The van der Waals surface area contributed by atoms with E-state index in [0.717, 1.165) is 57.7 Å². The van der Waals surface area contributed by atoms with Gasteiger partial charge in [0.25, 0.3) is 0 Å². The number of piperidine rings is 1. The Labute approximate surface area is 143 Å². The Balaban J connectivity index is 1.38. The normalized spacial score (nSPS) is 22.5. The molecule has 2 aliphatic heterocycles. The summed E-state index contributed by atoms with van der Waals surface area (Å²) in [6, 6.07) is 0.307. The van der Waals surface area contributed by atoms with E-state index in [1.807, 2.05) is 4.57 Å². The summed E-state index contributed by atoms with van der Waals surface area (Å²) in [5.41, 5.74) is 0. The largest absolute Gasteiger partial charge is 0.377 e. The smallest absolute Gasteiger partial charge is 0.225 e. The summed E-state index contributed by atoms with van der Waals surface area (Å²) in [6.45, 7) is 8.68. The molecule has 2 aliphatic rings. The average Bonchev–Trinajstić information content (AvgIpc) is 3.03. The molecule has 1 saturated heterocycles. The number of hydrogen-bond donors (Lipinski definition) is 1. The Hall–Kier alpha value is -1.47. The van der Waals surface area contributed by atoms with Crippen molar-refractivity contribution < 1.29 is 9.53 Å². The van der Waals surface area contributed by atoms with E-state index in [0.29, 0.717) is 18.7 Å². The highest BCUT2D eigenvalue weighted by Gasteiger charge is 2.28. The molecular weight excluding hydrogens is 306 g/mol. The first-order chi connectivity index (χ1) is 11.6. The first-order valence-electron chi connectivity index (χ1n) is 9.13. The molecule has 0 aromatic carbocycles. The molecule has 7 heteroatoms. The van der Waals surface area contributed by atoms with Gasteiger partial charge in [0.15, 0.2) is 0 Å². The fourth-order valence-corrected chi connectivity index (χ4v) is 3.51. The molecule has 1 N–H and O–H groups in total. The minimum absolute atomic E-state index is 0.0472. The van der Waals surface area contributed by atoms with Gasteiger partial charge in [-0.15, -0.1) is 10.2 Å². The molecule has 0 aliphatic carbocycles. The predicted molar refractivity (Wildman–Crippen MR) is 90.5 cm³/mol. The molecule has 3 rings (SSSR count). The van der Waals surface area contributed by atoms with Crippen molar-refractivity contribution in [2.75, 3.05) is 26.2 Å². The Morgan fingerprint density at radius 1 is 1.38 bits per heavy atom. The fraction of sp³-hybridized carbons (Fsp3) is 0.824. The van der Waals surface area contributed by atoms with Crippen LogP contribution in [0.25, 0.3) is 0 Å². The summed E-state index contributed by atoms with van der Waals surface area (Å²) in [4.78, 5) is 15.0. The number of carbonyl (C=O) groups is 1. The number of amides is 1. The van der Waals surface area contributed by atoms with Crippen LogP contribution >= 0.6 is 0 Å². The molecule has 7 nitrogen and oxygen atoms in total. The standard InChI is InChI=1S/C17H29N5O2/c1-13(2)24-10-9-21-7-5-15(6-8-21)19-17(23)14-3-4-16-20-18-12-22(16)11-14/h12-15H,3-11H2,1-2H3,(H,19,23). The van der Waals surface area contributed by atoms with Crippen LogP contribution in [0.3, 0.4) is 0 Å². The molecule has 0 radical (unpaired) electrons. The van der Waals surface area contributed by atoms with E-state index in [2.05, 4.69) is 34.3 Å². The molecule has 1 aromatic rings. The highest BCUT2D eigenvalue weighted by molar-refractivity contribution is 5.79. The van der Waals surface area contributed by atoms with Gasteiger partial charge in [-0.05, 0) is 33.1 Å². The van der Waals surface area contributed by atoms with Gasteiger partial charge < -0.3 is 19.5 Å². The molecule has 1 atom stereocenters. The second-order valence-electron chi connectivity index (χ2n) is 7.18. The maximum absolute atomic E-state index is 12.5. The first-order valence-corrected chi connectivity index (χ1v) is 9.13. The lowest BCUT2D eigenvalue weighted by Gasteiger charge is -2.33. The zero-order valence-electron chi connectivity index (χ0n) is 14.8. The van der Waals surface area contributed by atoms with Gasteiger partial charge in [-0.3, -0.25) is 4.79 Å². The molecular formula is C17H29N5O2. The molecule has 134 valence electrons. The van der Waals surface area contributed by atoms with Crippen molar-refractivity contribution in [3.8, 4) is 0 Å². The van der Waals surface area contributed by atoms with Crippen molar-refractivity contribution in [2.45, 2.75) is 58.2 Å². The third-order valence-corrected chi connectivity index (χ3v) is 4.99. The number of likely N-dealkylation sites (tertiary alicyclic amines) is 1. The highest BCUT2D eigenvalue weighted by Crippen LogP contribution is 2.19. The van der Waals surface area contributed by atoms with Crippen LogP contribution in [-0.4, -0.2) is 64.0 Å². The van der Waals surface area contributed by atoms with Crippen molar-refractivity contribution in [1.82, 2.24) is 25.0 Å². The number of aromatic nitrogens is 3. The zero-order chi connectivity index (χ0) is 16.9. The Kier molecular flexibility index (Phi) is 5.84. The quantitative estimate of drug-likeness (QED) is 0.834. The molecule has 0 spiro atoms. The summed E-state index contributed by atoms with van der Waals surface area (Å²) in [5, 5.41) is 11.3. The van der Waals surface area contributed by atoms with Gasteiger partial charge in [-0.1, -0.05) is 0 Å². The molecule has 3 heterocycles. The van der Waals surface area contributed by atoms with Gasteiger partial charge >= 0.3 is 0 Å². The van der Waals surface area contributed by atoms with Gasteiger partial charge in [0.1, 0.15) is 12.2 Å². The number of nitrogens with zero attached hydrogens (tertiary/aromatic N) is 4. The van der Waals surface area contributed by atoms with Crippen LogP contribution in [0.15, 0.2) is 6.33 Å². The summed E-state index contributed by atoms with van der Waals surface area (Å²) >= 11 is 0. The topological polar surface area (TPSA) is 72.3 Å². The van der Waals surface area contributed by atoms with E-state index in [9.17, 15) is 4.79 Å². The molecule has 0 bridgehead atoms. The Morgan fingerprint density at radius 2 is 2.17 bits per heavy atom. The minimum Gasteiger partial charge on any atom is -0.377 e. The second kappa shape index (κ2) is 8.07. The first kappa shape index (κ1) is 17.4. The van der Waals surface area contributed by atoms with Crippen LogP contribution in [0.2, 0.25) is 0 Å². The molecule has 1 unspecified atom stereocenters. The van der Waals surface area contributed by atoms with Crippen LogP contribution < -0.4 is 5.32 Å². The van der Waals surface area contributed by atoms with Crippen LogP contribution in [0.5, 0.6) is 0 Å². The fourth-order valence-electron chi connectivity index (χ4n) is 3.51. The second-order valence-corrected chi connectivity index (χ2v) is 7.18. The lowest BCUT2D eigenvalue weighted by Crippen LogP contribution is -2.47. The Morgan fingerprint density at radius 3 is 2.92 bits per heavy atom. The average molecular weight is 335 g/mol. The lowest BCUT2D eigenvalue weighted by atomic mass is 9.97. The lowest BCUT2D eigenvalue weighted by molar-refractivity contribution is -0.127. The van der Waals surface area contributed by atoms with Crippen LogP contribution in [-0.2, 0) is 22.5 Å². The van der Waals surface area contributed by atoms with Crippen molar-refractivity contribution in [1.29, 1.82) is 0 Å². The maximum atomic E-state index is 12.5. The monoisotopic (exact) mass is 335 g/mol. The van der Waals surface area contributed by atoms with E-state index in [1.54, 1.807) is 6.33 Å². The number of aryl methyl sites for hydroxylation is 1. The third kappa shape index (κ3) is 4.54. The van der Waals surface area contributed by atoms with Crippen LogP contribution in [0.1, 0.15) is 38.9 Å². The van der Waals surface area contributed by atoms with E-state index in [-0.39, 0.29) is 11.8 Å². The summed E-state index contributed by atoms with van der Waals surface area (Å²) in [7, 11) is 0. The molecule has 1 fully saturated rings. The third-order valence-electron chi connectivity index (χ3n) is 4.99. The molecule has 24 heavy (non-hydrogen) atoms. The zero-order valence-corrected chi connectivity index (χ0v) is 14.8. The summed E-state index contributed by atoms with van der Waals surface area (Å²) < 4.78 is 7.62. The van der Waals surface area contributed by atoms with E-state index >= 15 is 0 Å². The van der Waals surface area contributed by atoms with Gasteiger partial charge in [-0.2, -0.15) is 0 Å². The number of carbonyl (C=O) groups excluding carboxylic acids is 1. The number of hydrogen-bond acceptors (Lipinski definition) is 5. The van der Waals surface area contributed by atoms with Gasteiger partial charge in [0, 0.05) is 38.6 Å². The van der Waals surface area contributed by atoms with Gasteiger partial charge in [0.2, 0.25) is 5.91 Å². The van der Waals surface area contributed by atoms with Crippen LogP contribution in [0, 0.1) is 5.92 Å². The SMILES string of the molecule is CC(C)OCCN1CCC(NC(=O)C2CCc3nncn3C2)CC1. The number of nitrogens with one attached hydrogen (secondary N) is 1. The van der Waals surface area contributed by atoms with Crippen molar-refractivity contribution in [3.63, 3.8) is 0 Å². The van der Waals surface area contributed by atoms with Crippen molar-refractivity contribution >= 4 is 5.91 Å². The maximum Gasteiger partial charge on any atom is 0.225 e. The number of ether oxygens (including phenoxy) is 1. The molecule has 1 amide bonds. The van der Waals surface area contributed by atoms with E-state index < -0.39 is 0 Å². The van der Waals surface area contributed by atoms with Crippen molar-refractivity contribution in [2.24, 2.45) is 5.92 Å².